The highest BCUT2D eigenvalue weighted by Crippen LogP contribution is 2.28. The molecule has 2 aromatic carbocycles. The molecule has 1 aliphatic heterocycles. The van der Waals surface area contributed by atoms with Crippen molar-refractivity contribution in [3.8, 4) is 5.75 Å². The lowest BCUT2D eigenvalue weighted by molar-refractivity contribution is 0.0789. The average molecular weight is 443 g/mol. The van der Waals surface area contributed by atoms with Gasteiger partial charge in [-0.3, -0.25) is 4.79 Å². The van der Waals surface area contributed by atoms with Crippen LogP contribution in [0.15, 0.2) is 41.3 Å². The third-order valence-electron chi connectivity index (χ3n) is 6.31. The molecule has 1 saturated heterocycles. The van der Waals surface area contributed by atoms with Crippen LogP contribution in [-0.2, 0) is 22.9 Å². The number of amides is 1. The van der Waals surface area contributed by atoms with E-state index in [1.807, 2.05) is 13.0 Å². The first-order valence-electron chi connectivity index (χ1n) is 11.0. The first-order valence-corrected chi connectivity index (χ1v) is 12.5. The molecule has 1 atom stereocenters. The summed E-state index contributed by atoms with van der Waals surface area (Å²) >= 11 is 0. The standard InChI is InChI=1S/C24H30N2O4S/c1-17(19-10-9-18-7-3-4-8-20(18)15-19)25-31(28,29)21-11-12-23(30-2)22(16-21)24(27)26-13-5-6-14-26/h9-12,15-17,25H,3-8,13-14H2,1-2H3/t17-/m0/s1. The number of carbonyl (C=O) groups is 1. The second-order valence-electron chi connectivity index (χ2n) is 8.44. The van der Waals surface area contributed by atoms with Crippen molar-refractivity contribution < 1.29 is 17.9 Å². The van der Waals surface area contributed by atoms with Crippen molar-refractivity contribution in [3.05, 3.63) is 58.7 Å². The zero-order chi connectivity index (χ0) is 22.0. The lowest BCUT2D eigenvalue weighted by Gasteiger charge is -2.21. The van der Waals surface area contributed by atoms with E-state index in [0.29, 0.717) is 18.8 Å². The van der Waals surface area contributed by atoms with Crippen LogP contribution >= 0.6 is 0 Å². The molecule has 166 valence electrons. The molecule has 0 bridgehead atoms. The van der Waals surface area contributed by atoms with Gasteiger partial charge in [0.15, 0.2) is 0 Å². The van der Waals surface area contributed by atoms with Crippen LogP contribution in [0.25, 0.3) is 0 Å². The molecule has 1 aliphatic carbocycles. The molecule has 1 heterocycles. The highest BCUT2D eigenvalue weighted by molar-refractivity contribution is 7.89. The van der Waals surface area contributed by atoms with Gasteiger partial charge in [0.25, 0.3) is 5.91 Å². The number of sulfonamides is 1. The number of nitrogens with zero attached hydrogens (tertiary/aromatic N) is 1. The van der Waals surface area contributed by atoms with Gasteiger partial charge in [-0.05, 0) is 80.3 Å². The number of nitrogens with one attached hydrogen (secondary N) is 1. The monoisotopic (exact) mass is 442 g/mol. The first kappa shape index (κ1) is 21.8. The molecule has 0 aromatic heterocycles. The van der Waals surface area contributed by atoms with E-state index in [-0.39, 0.29) is 22.4 Å². The molecule has 1 N–H and O–H groups in total. The summed E-state index contributed by atoms with van der Waals surface area (Å²) in [5.74, 6) is 0.202. The van der Waals surface area contributed by atoms with Gasteiger partial charge >= 0.3 is 0 Å². The Bertz CT molecular complexity index is 1070. The van der Waals surface area contributed by atoms with Crippen LogP contribution in [0, 0.1) is 0 Å². The van der Waals surface area contributed by atoms with Crippen molar-refractivity contribution >= 4 is 15.9 Å². The summed E-state index contributed by atoms with van der Waals surface area (Å²) in [6, 6.07) is 10.3. The van der Waals surface area contributed by atoms with Gasteiger partial charge in [-0.2, -0.15) is 0 Å². The Kier molecular flexibility index (Phi) is 6.34. The Morgan fingerprint density at radius 3 is 2.42 bits per heavy atom. The Morgan fingerprint density at radius 2 is 1.71 bits per heavy atom. The van der Waals surface area contributed by atoms with E-state index in [9.17, 15) is 13.2 Å². The number of likely N-dealkylation sites (tertiary alicyclic amines) is 1. The van der Waals surface area contributed by atoms with Crippen LogP contribution in [0.4, 0.5) is 0 Å². The van der Waals surface area contributed by atoms with E-state index in [0.717, 1.165) is 31.2 Å². The zero-order valence-corrected chi connectivity index (χ0v) is 19.0. The van der Waals surface area contributed by atoms with Gasteiger partial charge in [0.1, 0.15) is 5.75 Å². The Morgan fingerprint density at radius 1 is 1.00 bits per heavy atom. The summed E-state index contributed by atoms with van der Waals surface area (Å²) in [5, 5.41) is 0. The molecule has 4 rings (SSSR count). The van der Waals surface area contributed by atoms with Crippen LogP contribution in [0.2, 0.25) is 0 Å². The first-order chi connectivity index (χ1) is 14.9. The van der Waals surface area contributed by atoms with Gasteiger partial charge in [0.2, 0.25) is 10.0 Å². The molecule has 0 spiro atoms. The molecule has 0 saturated carbocycles. The van der Waals surface area contributed by atoms with Crippen LogP contribution in [-0.4, -0.2) is 39.4 Å². The number of hydrogen-bond donors (Lipinski definition) is 1. The summed E-state index contributed by atoms with van der Waals surface area (Å²) in [4.78, 5) is 14.7. The van der Waals surface area contributed by atoms with Crippen molar-refractivity contribution in [2.75, 3.05) is 20.2 Å². The summed E-state index contributed by atoms with van der Waals surface area (Å²) in [5.41, 5.74) is 3.92. The fourth-order valence-electron chi connectivity index (χ4n) is 4.50. The fourth-order valence-corrected chi connectivity index (χ4v) is 5.76. The minimum absolute atomic E-state index is 0.0701. The molecular formula is C24H30N2O4S. The minimum atomic E-state index is -3.81. The maximum absolute atomic E-state index is 13.1. The van der Waals surface area contributed by atoms with Gasteiger partial charge in [-0.25, -0.2) is 13.1 Å². The van der Waals surface area contributed by atoms with Crippen LogP contribution < -0.4 is 9.46 Å². The molecular weight excluding hydrogens is 412 g/mol. The SMILES string of the molecule is COc1ccc(S(=O)(=O)N[C@@H](C)c2ccc3c(c2)CCCC3)cc1C(=O)N1CCCC1. The van der Waals surface area contributed by atoms with Gasteiger partial charge in [-0.15, -0.1) is 0 Å². The lowest BCUT2D eigenvalue weighted by Crippen LogP contribution is -2.29. The van der Waals surface area contributed by atoms with E-state index in [1.54, 1.807) is 11.0 Å². The van der Waals surface area contributed by atoms with Gasteiger partial charge in [0, 0.05) is 19.1 Å². The fraction of sp³-hybridized carbons (Fsp3) is 0.458. The number of hydrogen-bond acceptors (Lipinski definition) is 4. The lowest BCUT2D eigenvalue weighted by atomic mass is 9.89. The third kappa shape index (κ3) is 4.62. The van der Waals surface area contributed by atoms with Crippen LogP contribution in [0.3, 0.4) is 0 Å². The largest absolute Gasteiger partial charge is 0.496 e. The molecule has 0 radical (unpaired) electrons. The molecule has 1 fully saturated rings. The summed E-state index contributed by atoms with van der Waals surface area (Å²) in [7, 11) is -2.32. The van der Waals surface area contributed by atoms with E-state index in [1.165, 1.54) is 43.2 Å². The smallest absolute Gasteiger partial charge is 0.257 e. The van der Waals surface area contributed by atoms with Crippen molar-refractivity contribution in [2.24, 2.45) is 0 Å². The number of ether oxygens (including phenoxy) is 1. The number of rotatable bonds is 6. The minimum Gasteiger partial charge on any atom is -0.496 e. The maximum atomic E-state index is 13.1. The van der Waals surface area contributed by atoms with Crippen molar-refractivity contribution in [1.82, 2.24) is 9.62 Å². The van der Waals surface area contributed by atoms with Crippen molar-refractivity contribution in [1.29, 1.82) is 0 Å². The van der Waals surface area contributed by atoms with Gasteiger partial charge < -0.3 is 9.64 Å². The number of methoxy groups -OCH3 is 1. The van der Waals surface area contributed by atoms with E-state index in [4.69, 9.17) is 4.74 Å². The topological polar surface area (TPSA) is 75.7 Å². The molecule has 1 amide bonds. The number of benzene rings is 2. The molecule has 0 unspecified atom stereocenters. The number of carbonyl (C=O) groups excluding carboxylic acids is 1. The van der Waals surface area contributed by atoms with E-state index >= 15 is 0 Å². The second kappa shape index (κ2) is 9.01. The summed E-state index contributed by atoms with van der Waals surface area (Å²) in [6.45, 7) is 3.22. The molecule has 6 nitrogen and oxygen atoms in total. The van der Waals surface area contributed by atoms with Crippen molar-refractivity contribution in [2.45, 2.75) is 56.4 Å². The Hall–Kier alpha value is -2.38. The van der Waals surface area contributed by atoms with E-state index < -0.39 is 10.0 Å². The second-order valence-corrected chi connectivity index (χ2v) is 10.2. The molecule has 7 heteroatoms. The summed E-state index contributed by atoms with van der Waals surface area (Å²) < 4.78 is 34.4. The number of fused-ring (bicyclic) bond motifs is 1. The van der Waals surface area contributed by atoms with Crippen LogP contribution in [0.1, 0.15) is 65.7 Å². The zero-order valence-electron chi connectivity index (χ0n) is 18.2. The molecule has 31 heavy (non-hydrogen) atoms. The quantitative estimate of drug-likeness (QED) is 0.737. The molecule has 2 aliphatic rings. The number of aryl methyl sites for hydroxylation is 2. The Labute approximate surface area is 184 Å². The summed E-state index contributed by atoms with van der Waals surface area (Å²) in [6.07, 6.45) is 6.46. The maximum Gasteiger partial charge on any atom is 0.257 e. The Balaban J connectivity index is 1.58. The predicted octanol–water partition coefficient (Wildman–Crippen LogP) is 3.85. The predicted molar refractivity (Wildman–Crippen MR) is 120 cm³/mol. The van der Waals surface area contributed by atoms with E-state index in [2.05, 4.69) is 16.9 Å². The normalized spacial score (nSPS) is 17.3. The van der Waals surface area contributed by atoms with Crippen LogP contribution in [0.5, 0.6) is 5.75 Å². The highest BCUT2D eigenvalue weighted by atomic mass is 32.2. The van der Waals surface area contributed by atoms with Crippen molar-refractivity contribution in [3.63, 3.8) is 0 Å². The molecule has 2 aromatic rings. The van der Waals surface area contributed by atoms with Gasteiger partial charge in [0.05, 0.1) is 17.6 Å². The average Bonchev–Trinajstić information content (AvgIpc) is 3.32. The highest BCUT2D eigenvalue weighted by Gasteiger charge is 2.26. The van der Waals surface area contributed by atoms with Gasteiger partial charge in [-0.1, -0.05) is 18.2 Å². The third-order valence-corrected chi connectivity index (χ3v) is 7.85.